The number of hydrogen-bond donors (Lipinski definition) is 0. The molecule has 1 unspecified atom stereocenters. The van der Waals surface area contributed by atoms with Crippen molar-refractivity contribution in [1.29, 1.82) is 0 Å². The van der Waals surface area contributed by atoms with Crippen LogP contribution < -0.4 is 5.69 Å². The van der Waals surface area contributed by atoms with Crippen LogP contribution in [-0.4, -0.2) is 33.9 Å². The van der Waals surface area contributed by atoms with Gasteiger partial charge in [-0.15, -0.1) is 0 Å². The highest BCUT2D eigenvalue weighted by molar-refractivity contribution is 4.90. The molecule has 21 heavy (non-hydrogen) atoms. The Morgan fingerprint density at radius 3 is 3.05 bits per heavy atom. The Balaban J connectivity index is 1.48. The fourth-order valence-electron chi connectivity index (χ4n) is 3.04. The van der Waals surface area contributed by atoms with E-state index >= 15 is 0 Å². The number of hydrogen-bond acceptors (Lipinski definition) is 4. The van der Waals surface area contributed by atoms with Crippen LogP contribution in [0.2, 0.25) is 0 Å². The molecule has 1 aromatic heterocycles. The van der Waals surface area contributed by atoms with Gasteiger partial charge in [0.25, 0.3) is 0 Å². The molecule has 1 saturated heterocycles. The molecule has 3 rings (SSSR count). The highest BCUT2D eigenvalue weighted by Crippen LogP contribution is 2.14. The first-order valence-corrected chi connectivity index (χ1v) is 8.24. The Hall–Kier alpha value is -1.14. The van der Waals surface area contributed by atoms with E-state index < -0.39 is 0 Å². The molecule has 1 atom stereocenters. The van der Waals surface area contributed by atoms with Crippen molar-refractivity contribution in [1.82, 2.24) is 14.3 Å². The minimum absolute atomic E-state index is 0.0424. The number of rotatable bonds is 5. The van der Waals surface area contributed by atoms with Gasteiger partial charge in [-0.05, 0) is 38.5 Å². The van der Waals surface area contributed by atoms with Crippen molar-refractivity contribution in [3.63, 3.8) is 0 Å². The van der Waals surface area contributed by atoms with Crippen molar-refractivity contribution < 1.29 is 9.47 Å². The van der Waals surface area contributed by atoms with E-state index in [1.807, 2.05) is 4.57 Å². The van der Waals surface area contributed by atoms with Gasteiger partial charge in [-0.25, -0.2) is 9.48 Å². The summed E-state index contributed by atoms with van der Waals surface area (Å²) in [5.74, 6) is 0.953. The summed E-state index contributed by atoms with van der Waals surface area (Å²) in [4.78, 5) is 12.3. The third-order valence-corrected chi connectivity index (χ3v) is 4.24. The van der Waals surface area contributed by atoms with Crippen molar-refractivity contribution in [2.45, 2.75) is 70.7 Å². The Bertz CT molecular complexity index is 503. The molecule has 0 saturated carbocycles. The van der Waals surface area contributed by atoms with E-state index in [4.69, 9.17) is 9.47 Å². The zero-order valence-corrected chi connectivity index (χ0v) is 12.6. The third-order valence-electron chi connectivity index (χ3n) is 4.24. The van der Waals surface area contributed by atoms with Crippen molar-refractivity contribution in [2.24, 2.45) is 0 Å². The van der Waals surface area contributed by atoms with Gasteiger partial charge in [-0.1, -0.05) is 6.42 Å². The lowest BCUT2D eigenvalue weighted by atomic mass is 10.2. The lowest BCUT2D eigenvalue weighted by molar-refractivity contribution is -0.163. The number of aryl methyl sites for hydroxylation is 2. The molecule has 0 amide bonds. The van der Waals surface area contributed by atoms with E-state index in [9.17, 15) is 4.79 Å². The van der Waals surface area contributed by atoms with Gasteiger partial charge in [0.15, 0.2) is 6.29 Å². The summed E-state index contributed by atoms with van der Waals surface area (Å²) in [6.45, 7) is 2.88. The Morgan fingerprint density at radius 2 is 2.19 bits per heavy atom. The summed E-state index contributed by atoms with van der Waals surface area (Å²) in [7, 11) is 0. The summed E-state index contributed by atoms with van der Waals surface area (Å²) in [6.07, 6.45) is 8.39. The molecule has 6 nitrogen and oxygen atoms in total. The maximum Gasteiger partial charge on any atom is 0.345 e. The second kappa shape index (κ2) is 7.22. The molecule has 118 valence electrons. The number of nitrogens with zero attached hydrogens (tertiary/aromatic N) is 3. The largest absolute Gasteiger partial charge is 0.353 e. The molecule has 0 aliphatic carbocycles. The molecule has 3 heterocycles. The molecule has 6 heteroatoms. The topological polar surface area (TPSA) is 58.3 Å². The predicted octanol–water partition coefficient (Wildman–Crippen LogP) is 1.70. The first kappa shape index (κ1) is 14.8. The predicted molar refractivity (Wildman–Crippen MR) is 78.2 cm³/mol. The van der Waals surface area contributed by atoms with Crippen LogP contribution in [-0.2, 0) is 29.0 Å². The lowest BCUT2D eigenvalue weighted by Gasteiger charge is -2.22. The average molecular weight is 295 g/mol. The summed E-state index contributed by atoms with van der Waals surface area (Å²) < 4.78 is 14.7. The Labute approximate surface area is 125 Å². The van der Waals surface area contributed by atoms with E-state index in [-0.39, 0.29) is 12.0 Å². The summed E-state index contributed by atoms with van der Waals surface area (Å²) in [5, 5.41) is 4.47. The summed E-state index contributed by atoms with van der Waals surface area (Å²) in [5.41, 5.74) is 0.0424. The molecular weight excluding hydrogens is 270 g/mol. The van der Waals surface area contributed by atoms with Gasteiger partial charge in [0.2, 0.25) is 0 Å². The van der Waals surface area contributed by atoms with Crippen LogP contribution in [0.25, 0.3) is 0 Å². The van der Waals surface area contributed by atoms with E-state index in [0.29, 0.717) is 13.2 Å². The van der Waals surface area contributed by atoms with E-state index in [1.165, 1.54) is 12.8 Å². The fraction of sp³-hybridized carbons (Fsp3) is 0.867. The van der Waals surface area contributed by atoms with Crippen LogP contribution in [0.5, 0.6) is 0 Å². The van der Waals surface area contributed by atoms with E-state index in [0.717, 1.165) is 57.5 Å². The molecule has 1 aromatic rings. The SMILES string of the molecule is O=c1n(CCCOC2CCCCO2)nc2n1CCCCC2. The van der Waals surface area contributed by atoms with Gasteiger partial charge in [-0.2, -0.15) is 5.10 Å². The molecule has 0 aromatic carbocycles. The molecule has 2 aliphatic rings. The van der Waals surface area contributed by atoms with Crippen molar-refractivity contribution in [2.75, 3.05) is 13.2 Å². The smallest absolute Gasteiger partial charge is 0.345 e. The normalized spacial score (nSPS) is 22.8. The quantitative estimate of drug-likeness (QED) is 0.776. The molecule has 0 N–H and O–H groups in total. The maximum absolute atomic E-state index is 12.3. The molecule has 1 fully saturated rings. The van der Waals surface area contributed by atoms with Crippen LogP contribution in [0.1, 0.15) is 50.8 Å². The summed E-state index contributed by atoms with van der Waals surface area (Å²) in [6, 6.07) is 0. The molecule has 0 radical (unpaired) electrons. The average Bonchev–Trinajstić information content (AvgIpc) is 2.69. The highest BCUT2D eigenvalue weighted by Gasteiger charge is 2.16. The van der Waals surface area contributed by atoms with Crippen LogP contribution >= 0.6 is 0 Å². The van der Waals surface area contributed by atoms with Gasteiger partial charge in [0, 0.05) is 26.1 Å². The first-order valence-electron chi connectivity index (χ1n) is 8.24. The zero-order chi connectivity index (χ0) is 14.5. The van der Waals surface area contributed by atoms with Crippen LogP contribution in [0.15, 0.2) is 4.79 Å². The summed E-state index contributed by atoms with van der Waals surface area (Å²) >= 11 is 0. The van der Waals surface area contributed by atoms with Gasteiger partial charge in [-0.3, -0.25) is 4.57 Å². The number of ether oxygens (including phenoxy) is 2. The van der Waals surface area contributed by atoms with Gasteiger partial charge >= 0.3 is 5.69 Å². The van der Waals surface area contributed by atoms with Gasteiger partial charge in [0.1, 0.15) is 5.82 Å². The molecule has 0 spiro atoms. The van der Waals surface area contributed by atoms with Crippen molar-refractivity contribution >= 4 is 0 Å². The Kier molecular flexibility index (Phi) is 5.08. The second-order valence-corrected chi connectivity index (χ2v) is 5.90. The monoisotopic (exact) mass is 295 g/mol. The molecular formula is C15H25N3O3. The van der Waals surface area contributed by atoms with Crippen LogP contribution in [0.3, 0.4) is 0 Å². The third kappa shape index (κ3) is 3.74. The van der Waals surface area contributed by atoms with Gasteiger partial charge in [0.05, 0.1) is 6.61 Å². The standard InChI is InChI=1S/C15H25N3O3/c19-15-17-9-4-1-2-7-13(17)16-18(15)10-6-12-21-14-8-3-5-11-20-14/h14H,1-12H2. The second-order valence-electron chi connectivity index (χ2n) is 5.90. The van der Waals surface area contributed by atoms with Crippen LogP contribution in [0, 0.1) is 0 Å². The zero-order valence-electron chi connectivity index (χ0n) is 12.6. The first-order chi connectivity index (χ1) is 10.3. The van der Waals surface area contributed by atoms with Gasteiger partial charge < -0.3 is 9.47 Å². The number of fused-ring (bicyclic) bond motifs is 1. The lowest BCUT2D eigenvalue weighted by Crippen LogP contribution is -2.26. The molecule has 2 aliphatic heterocycles. The van der Waals surface area contributed by atoms with E-state index in [1.54, 1.807) is 4.68 Å². The minimum atomic E-state index is -0.0470. The fourth-order valence-corrected chi connectivity index (χ4v) is 3.04. The number of aromatic nitrogens is 3. The van der Waals surface area contributed by atoms with Crippen molar-refractivity contribution in [3.8, 4) is 0 Å². The minimum Gasteiger partial charge on any atom is -0.353 e. The molecule has 0 bridgehead atoms. The maximum atomic E-state index is 12.3. The van der Waals surface area contributed by atoms with Crippen LogP contribution in [0.4, 0.5) is 0 Å². The van der Waals surface area contributed by atoms with Crippen molar-refractivity contribution in [3.05, 3.63) is 16.3 Å². The highest BCUT2D eigenvalue weighted by atomic mass is 16.7. The van der Waals surface area contributed by atoms with E-state index in [2.05, 4.69) is 5.10 Å². The Morgan fingerprint density at radius 1 is 1.24 bits per heavy atom.